The summed E-state index contributed by atoms with van der Waals surface area (Å²) in [6.45, 7) is 4.51. The maximum absolute atomic E-state index is 12.5. The first kappa shape index (κ1) is 17.5. The highest BCUT2D eigenvalue weighted by atomic mass is 79.9. The predicted molar refractivity (Wildman–Crippen MR) is 103 cm³/mol. The quantitative estimate of drug-likeness (QED) is 0.857. The van der Waals surface area contributed by atoms with Crippen molar-refractivity contribution in [3.8, 4) is 0 Å². The molecule has 0 bridgehead atoms. The van der Waals surface area contributed by atoms with Crippen LogP contribution < -0.4 is 10.2 Å². The van der Waals surface area contributed by atoms with Gasteiger partial charge >= 0.3 is 0 Å². The molecule has 0 aliphatic carbocycles. The molecule has 2 amide bonds. The van der Waals surface area contributed by atoms with E-state index < -0.39 is 0 Å². The van der Waals surface area contributed by atoms with E-state index in [9.17, 15) is 9.59 Å². The fraction of sp³-hybridized carbons (Fsp3) is 0.263. The van der Waals surface area contributed by atoms with Crippen LogP contribution in [0.25, 0.3) is 0 Å². The molecule has 0 aromatic heterocycles. The Bertz CT molecular complexity index is 768. The van der Waals surface area contributed by atoms with E-state index in [2.05, 4.69) is 26.1 Å². The number of hydrogen-bond acceptors (Lipinski definition) is 3. The Morgan fingerprint density at radius 2 is 1.60 bits per heavy atom. The minimum absolute atomic E-state index is 0.108. The normalized spacial score (nSPS) is 14.3. The molecule has 25 heavy (non-hydrogen) atoms. The molecule has 2 aromatic carbocycles. The number of hydrogen-bond donors (Lipinski definition) is 1. The molecule has 6 heteroatoms. The first-order chi connectivity index (χ1) is 12.0. The van der Waals surface area contributed by atoms with Gasteiger partial charge in [0.1, 0.15) is 0 Å². The second kappa shape index (κ2) is 7.70. The number of rotatable bonds is 3. The minimum atomic E-state index is -0.137. The van der Waals surface area contributed by atoms with E-state index in [1.807, 2.05) is 41.3 Å². The van der Waals surface area contributed by atoms with Gasteiger partial charge in [-0.25, -0.2) is 0 Å². The molecule has 5 nitrogen and oxygen atoms in total. The summed E-state index contributed by atoms with van der Waals surface area (Å²) in [7, 11) is 0. The van der Waals surface area contributed by atoms with E-state index in [1.54, 1.807) is 19.1 Å². The number of amides is 2. The average molecular weight is 402 g/mol. The fourth-order valence-corrected chi connectivity index (χ4v) is 3.18. The largest absolute Gasteiger partial charge is 0.366 e. The van der Waals surface area contributed by atoms with Crippen molar-refractivity contribution in [3.63, 3.8) is 0 Å². The Hall–Kier alpha value is -2.34. The molecule has 3 rings (SSSR count). The third-order valence-corrected chi connectivity index (χ3v) is 4.85. The highest BCUT2D eigenvalue weighted by Crippen LogP contribution is 2.27. The number of nitrogens with one attached hydrogen (secondary N) is 1. The lowest BCUT2D eigenvalue weighted by molar-refractivity contribution is -0.129. The summed E-state index contributed by atoms with van der Waals surface area (Å²) in [6, 6.07) is 15.0. The highest BCUT2D eigenvalue weighted by Gasteiger charge is 2.21. The molecule has 2 aromatic rings. The van der Waals surface area contributed by atoms with Gasteiger partial charge < -0.3 is 15.1 Å². The summed E-state index contributed by atoms with van der Waals surface area (Å²) >= 11 is 3.37. The Labute approximate surface area is 155 Å². The van der Waals surface area contributed by atoms with Gasteiger partial charge in [0.05, 0.1) is 11.4 Å². The van der Waals surface area contributed by atoms with Crippen LogP contribution in [-0.2, 0) is 4.79 Å². The summed E-state index contributed by atoms with van der Waals surface area (Å²) in [4.78, 5) is 28.0. The Morgan fingerprint density at radius 1 is 0.960 bits per heavy atom. The molecule has 1 aliphatic heterocycles. The zero-order chi connectivity index (χ0) is 17.8. The van der Waals surface area contributed by atoms with Crippen LogP contribution in [0.15, 0.2) is 53.0 Å². The molecule has 1 saturated heterocycles. The topological polar surface area (TPSA) is 52.7 Å². The molecule has 0 spiro atoms. The first-order valence-electron chi connectivity index (χ1n) is 8.21. The van der Waals surface area contributed by atoms with Crippen LogP contribution in [0.2, 0.25) is 0 Å². The summed E-state index contributed by atoms with van der Waals surface area (Å²) < 4.78 is 0.938. The first-order valence-corrected chi connectivity index (χ1v) is 9.00. The average Bonchev–Trinajstić information content (AvgIpc) is 2.63. The predicted octanol–water partition coefficient (Wildman–Crippen LogP) is 3.37. The Morgan fingerprint density at radius 3 is 2.24 bits per heavy atom. The van der Waals surface area contributed by atoms with Gasteiger partial charge in [-0.3, -0.25) is 9.59 Å². The number of carbonyl (C=O) groups is 2. The molecule has 0 saturated carbocycles. The summed E-state index contributed by atoms with van der Waals surface area (Å²) in [5, 5.41) is 3.00. The van der Waals surface area contributed by atoms with Gasteiger partial charge in [0, 0.05) is 43.1 Å². The number of para-hydroxylation sites is 2. The van der Waals surface area contributed by atoms with Gasteiger partial charge in [0.25, 0.3) is 5.91 Å². The maximum atomic E-state index is 12.5. The molecule has 0 unspecified atom stereocenters. The van der Waals surface area contributed by atoms with Crippen LogP contribution in [-0.4, -0.2) is 42.9 Å². The van der Waals surface area contributed by atoms with Crippen molar-refractivity contribution in [1.82, 2.24) is 4.90 Å². The minimum Gasteiger partial charge on any atom is -0.366 e. The van der Waals surface area contributed by atoms with E-state index >= 15 is 0 Å². The maximum Gasteiger partial charge on any atom is 0.255 e. The van der Waals surface area contributed by atoms with Gasteiger partial charge in [-0.15, -0.1) is 0 Å². The van der Waals surface area contributed by atoms with E-state index in [4.69, 9.17) is 0 Å². The Balaban J connectivity index is 1.74. The standard InChI is InChI=1S/C19H20BrN3O2/c1-14(24)22-10-12-23(13-11-22)18-5-3-2-4-17(18)21-19(25)15-6-8-16(20)9-7-15/h2-9H,10-13H2,1H3,(H,21,25). The zero-order valence-corrected chi connectivity index (χ0v) is 15.6. The SMILES string of the molecule is CC(=O)N1CCN(c2ccccc2NC(=O)c2ccc(Br)cc2)CC1. The van der Waals surface area contributed by atoms with Crippen molar-refractivity contribution in [2.45, 2.75) is 6.92 Å². The van der Waals surface area contributed by atoms with Gasteiger partial charge in [-0.2, -0.15) is 0 Å². The number of carbonyl (C=O) groups excluding carboxylic acids is 2. The lowest BCUT2D eigenvalue weighted by Gasteiger charge is -2.36. The van der Waals surface area contributed by atoms with Gasteiger partial charge in [-0.05, 0) is 36.4 Å². The molecule has 1 heterocycles. The number of piperazine rings is 1. The summed E-state index contributed by atoms with van der Waals surface area (Å²) in [5.74, 6) is -0.0289. The smallest absolute Gasteiger partial charge is 0.255 e. The van der Waals surface area contributed by atoms with E-state index in [0.29, 0.717) is 18.7 Å². The molecular formula is C19H20BrN3O2. The molecule has 0 radical (unpaired) electrons. The number of anilines is 2. The van der Waals surface area contributed by atoms with Crippen molar-refractivity contribution in [1.29, 1.82) is 0 Å². The molecule has 1 aliphatic rings. The van der Waals surface area contributed by atoms with E-state index in [-0.39, 0.29) is 11.8 Å². The molecule has 130 valence electrons. The monoisotopic (exact) mass is 401 g/mol. The molecule has 0 atom stereocenters. The number of nitrogens with zero attached hydrogens (tertiary/aromatic N) is 2. The number of benzene rings is 2. The molecule has 1 N–H and O–H groups in total. The van der Waals surface area contributed by atoms with Crippen LogP contribution >= 0.6 is 15.9 Å². The Kier molecular flexibility index (Phi) is 5.38. The second-order valence-electron chi connectivity index (χ2n) is 5.97. The number of halogens is 1. The van der Waals surface area contributed by atoms with Crippen LogP contribution in [0.4, 0.5) is 11.4 Å². The third-order valence-electron chi connectivity index (χ3n) is 4.32. The molecule has 1 fully saturated rings. The highest BCUT2D eigenvalue weighted by molar-refractivity contribution is 9.10. The van der Waals surface area contributed by atoms with Crippen LogP contribution in [0.5, 0.6) is 0 Å². The van der Waals surface area contributed by atoms with Gasteiger partial charge in [-0.1, -0.05) is 28.1 Å². The second-order valence-corrected chi connectivity index (χ2v) is 6.89. The molecular weight excluding hydrogens is 382 g/mol. The summed E-state index contributed by atoms with van der Waals surface area (Å²) in [6.07, 6.45) is 0. The van der Waals surface area contributed by atoms with Crippen molar-refractivity contribution in [2.75, 3.05) is 36.4 Å². The van der Waals surface area contributed by atoms with Crippen LogP contribution in [0.1, 0.15) is 17.3 Å². The zero-order valence-electron chi connectivity index (χ0n) is 14.0. The lowest BCUT2D eigenvalue weighted by Crippen LogP contribution is -2.48. The third kappa shape index (κ3) is 4.20. The van der Waals surface area contributed by atoms with Crippen LogP contribution in [0.3, 0.4) is 0 Å². The van der Waals surface area contributed by atoms with Crippen molar-refractivity contribution < 1.29 is 9.59 Å². The lowest BCUT2D eigenvalue weighted by atomic mass is 10.1. The van der Waals surface area contributed by atoms with E-state index in [1.165, 1.54) is 0 Å². The van der Waals surface area contributed by atoms with Gasteiger partial charge in [0.2, 0.25) is 5.91 Å². The fourth-order valence-electron chi connectivity index (χ4n) is 2.91. The summed E-state index contributed by atoms with van der Waals surface area (Å²) in [5.41, 5.74) is 2.38. The van der Waals surface area contributed by atoms with Crippen molar-refractivity contribution in [2.24, 2.45) is 0 Å². The van der Waals surface area contributed by atoms with Crippen molar-refractivity contribution in [3.05, 3.63) is 58.6 Å². The van der Waals surface area contributed by atoms with E-state index in [0.717, 1.165) is 28.9 Å². The van der Waals surface area contributed by atoms with Gasteiger partial charge in [0.15, 0.2) is 0 Å². The van der Waals surface area contributed by atoms with Crippen LogP contribution in [0, 0.1) is 0 Å². The van der Waals surface area contributed by atoms with Crippen molar-refractivity contribution >= 4 is 39.1 Å².